The first-order valence-corrected chi connectivity index (χ1v) is 4.44. The highest BCUT2D eigenvalue weighted by molar-refractivity contribution is 5.66. The molecule has 70 valence electrons. The van der Waals surface area contributed by atoms with Crippen molar-refractivity contribution in [3.05, 3.63) is 0 Å². The second-order valence-electron chi connectivity index (χ2n) is 4.04. The highest BCUT2D eigenvalue weighted by Gasteiger charge is 2.31. The van der Waals surface area contributed by atoms with E-state index in [1.807, 2.05) is 0 Å². The van der Waals surface area contributed by atoms with Gasteiger partial charge in [-0.3, -0.25) is 4.79 Å². The summed E-state index contributed by atoms with van der Waals surface area (Å²) in [6.45, 7) is 1.73. The van der Waals surface area contributed by atoms with Crippen molar-refractivity contribution in [2.24, 2.45) is 5.92 Å². The number of hydrogen-bond acceptors (Lipinski definition) is 2. The Kier molecular flexibility index (Phi) is 2.73. The fraction of sp³-hybridized carbons (Fsp3) is 0.889. The Morgan fingerprint density at radius 3 is 2.58 bits per heavy atom. The average molecular weight is 172 g/mol. The molecule has 0 bridgehead atoms. The molecule has 0 radical (unpaired) electrons. The zero-order chi connectivity index (χ0) is 9.19. The van der Waals surface area contributed by atoms with Crippen LogP contribution in [0.15, 0.2) is 0 Å². The van der Waals surface area contributed by atoms with Gasteiger partial charge < -0.3 is 10.2 Å². The summed E-state index contributed by atoms with van der Waals surface area (Å²) in [5.41, 5.74) is -0.764. The van der Waals surface area contributed by atoms with Crippen LogP contribution in [0.3, 0.4) is 0 Å². The summed E-state index contributed by atoms with van der Waals surface area (Å²) in [7, 11) is 0. The van der Waals surface area contributed by atoms with Gasteiger partial charge in [-0.05, 0) is 25.7 Å². The van der Waals surface area contributed by atoms with Crippen molar-refractivity contribution in [1.29, 1.82) is 0 Å². The first kappa shape index (κ1) is 9.52. The Bertz CT molecular complexity index is 171. The molecule has 1 fully saturated rings. The molecule has 1 rings (SSSR count). The van der Waals surface area contributed by atoms with Crippen molar-refractivity contribution in [2.75, 3.05) is 0 Å². The van der Waals surface area contributed by atoms with E-state index in [1.54, 1.807) is 6.92 Å². The Morgan fingerprint density at radius 2 is 2.17 bits per heavy atom. The van der Waals surface area contributed by atoms with E-state index in [-0.39, 0.29) is 6.42 Å². The fourth-order valence-corrected chi connectivity index (χ4v) is 1.42. The van der Waals surface area contributed by atoms with Crippen LogP contribution in [-0.2, 0) is 4.79 Å². The Morgan fingerprint density at radius 1 is 1.58 bits per heavy atom. The minimum Gasteiger partial charge on any atom is -0.481 e. The molecular formula is C9H16O3. The molecule has 0 heterocycles. The van der Waals surface area contributed by atoms with E-state index in [0.717, 1.165) is 6.42 Å². The zero-order valence-electron chi connectivity index (χ0n) is 7.42. The van der Waals surface area contributed by atoms with Gasteiger partial charge in [-0.2, -0.15) is 0 Å². The van der Waals surface area contributed by atoms with Crippen LogP contribution in [0.25, 0.3) is 0 Å². The van der Waals surface area contributed by atoms with Gasteiger partial charge in [0.1, 0.15) is 0 Å². The summed E-state index contributed by atoms with van der Waals surface area (Å²) in [6.07, 6.45) is 3.60. The Labute approximate surface area is 72.4 Å². The number of carboxylic acid groups (broad SMARTS) is 1. The first-order chi connectivity index (χ1) is 5.49. The van der Waals surface area contributed by atoms with E-state index < -0.39 is 11.6 Å². The summed E-state index contributed by atoms with van der Waals surface area (Å²) >= 11 is 0. The van der Waals surface area contributed by atoms with Gasteiger partial charge in [0.2, 0.25) is 0 Å². The van der Waals surface area contributed by atoms with Crippen LogP contribution in [0.1, 0.15) is 39.0 Å². The maximum atomic E-state index is 10.2. The third kappa shape index (κ3) is 3.72. The zero-order valence-corrected chi connectivity index (χ0v) is 7.42. The largest absolute Gasteiger partial charge is 0.481 e. The maximum absolute atomic E-state index is 10.2. The molecule has 1 atom stereocenters. The molecule has 0 amide bonds. The van der Waals surface area contributed by atoms with E-state index >= 15 is 0 Å². The van der Waals surface area contributed by atoms with Gasteiger partial charge in [-0.25, -0.2) is 0 Å². The van der Waals surface area contributed by atoms with Crippen molar-refractivity contribution in [3.63, 3.8) is 0 Å². The molecule has 0 aromatic carbocycles. The van der Waals surface area contributed by atoms with E-state index in [1.165, 1.54) is 12.8 Å². The van der Waals surface area contributed by atoms with Crippen molar-refractivity contribution in [2.45, 2.75) is 44.6 Å². The van der Waals surface area contributed by atoms with Gasteiger partial charge in [0.25, 0.3) is 0 Å². The molecule has 1 saturated carbocycles. The monoisotopic (exact) mass is 172 g/mol. The van der Waals surface area contributed by atoms with Crippen LogP contribution in [0.4, 0.5) is 0 Å². The lowest BCUT2D eigenvalue weighted by Gasteiger charge is -2.21. The molecule has 0 aliphatic heterocycles. The molecule has 2 N–H and O–H groups in total. The van der Waals surface area contributed by atoms with Crippen LogP contribution < -0.4 is 0 Å². The van der Waals surface area contributed by atoms with E-state index in [0.29, 0.717) is 12.3 Å². The molecule has 0 saturated heterocycles. The number of aliphatic hydroxyl groups is 1. The summed E-state index contributed by atoms with van der Waals surface area (Å²) < 4.78 is 0. The van der Waals surface area contributed by atoms with Crippen LogP contribution in [0.5, 0.6) is 0 Å². The van der Waals surface area contributed by atoms with Crippen molar-refractivity contribution in [1.82, 2.24) is 0 Å². The van der Waals surface area contributed by atoms with Gasteiger partial charge in [-0.15, -0.1) is 0 Å². The van der Waals surface area contributed by atoms with Gasteiger partial charge in [0.05, 0.1) is 5.60 Å². The third-order valence-electron chi connectivity index (χ3n) is 2.30. The van der Waals surface area contributed by atoms with E-state index in [9.17, 15) is 9.90 Å². The normalized spacial score (nSPS) is 21.8. The quantitative estimate of drug-likeness (QED) is 0.659. The lowest BCUT2D eigenvalue weighted by atomic mass is 9.94. The molecule has 0 aromatic rings. The van der Waals surface area contributed by atoms with Crippen molar-refractivity contribution < 1.29 is 15.0 Å². The van der Waals surface area contributed by atoms with Crippen LogP contribution in [0.2, 0.25) is 0 Å². The molecule has 12 heavy (non-hydrogen) atoms. The second-order valence-corrected chi connectivity index (χ2v) is 4.04. The predicted octanol–water partition coefficient (Wildman–Crippen LogP) is 1.40. The minimum absolute atomic E-state index is 0.0692. The Hall–Kier alpha value is -0.570. The van der Waals surface area contributed by atoms with Crippen molar-refractivity contribution >= 4 is 5.97 Å². The summed E-state index contributed by atoms with van der Waals surface area (Å²) in [5, 5.41) is 18.1. The highest BCUT2D eigenvalue weighted by atomic mass is 16.4. The lowest BCUT2D eigenvalue weighted by molar-refractivity contribution is -0.138. The smallest absolute Gasteiger partial charge is 0.303 e. The first-order valence-electron chi connectivity index (χ1n) is 4.44. The van der Waals surface area contributed by atoms with Gasteiger partial charge in [-0.1, -0.05) is 12.8 Å². The van der Waals surface area contributed by atoms with Crippen LogP contribution >= 0.6 is 0 Å². The number of carboxylic acids is 1. The maximum Gasteiger partial charge on any atom is 0.303 e. The topological polar surface area (TPSA) is 57.5 Å². The minimum atomic E-state index is -0.828. The molecule has 0 aromatic heterocycles. The molecular weight excluding hydrogens is 156 g/mol. The summed E-state index contributed by atoms with van der Waals surface area (Å²) in [6, 6.07) is 0. The molecule has 3 heteroatoms. The van der Waals surface area contributed by atoms with Gasteiger partial charge in [0.15, 0.2) is 0 Å². The molecule has 1 unspecified atom stereocenters. The summed E-state index contributed by atoms with van der Waals surface area (Å²) in [4.78, 5) is 10.2. The Balaban J connectivity index is 2.21. The number of carbonyl (C=O) groups is 1. The van der Waals surface area contributed by atoms with E-state index in [2.05, 4.69) is 0 Å². The lowest BCUT2D eigenvalue weighted by Crippen LogP contribution is -2.25. The second kappa shape index (κ2) is 3.44. The van der Waals surface area contributed by atoms with Crippen LogP contribution in [0, 0.1) is 5.92 Å². The van der Waals surface area contributed by atoms with E-state index in [4.69, 9.17) is 5.11 Å². The number of rotatable bonds is 5. The molecule has 1 aliphatic rings. The standard InChI is InChI=1S/C9H16O3/c1-9(12,5-4-8(10)11)6-7-2-3-7/h7,12H,2-6H2,1H3,(H,10,11). The SMILES string of the molecule is CC(O)(CCC(=O)O)CC1CC1. The van der Waals surface area contributed by atoms with Crippen molar-refractivity contribution in [3.8, 4) is 0 Å². The fourth-order valence-electron chi connectivity index (χ4n) is 1.42. The van der Waals surface area contributed by atoms with Crippen LogP contribution in [-0.4, -0.2) is 21.8 Å². The molecule has 3 nitrogen and oxygen atoms in total. The van der Waals surface area contributed by atoms with Gasteiger partial charge >= 0.3 is 5.97 Å². The van der Waals surface area contributed by atoms with Gasteiger partial charge in [0, 0.05) is 6.42 Å². The summed E-state index contributed by atoms with van der Waals surface area (Å²) in [5.74, 6) is -0.181. The predicted molar refractivity (Wildman–Crippen MR) is 44.8 cm³/mol. The average Bonchev–Trinajstić information content (AvgIpc) is 2.67. The molecule has 0 spiro atoms. The number of aliphatic carboxylic acids is 1. The number of hydrogen-bond donors (Lipinski definition) is 2. The third-order valence-corrected chi connectivity index (χ3v) is 2.30. The highest BCUT2D eigenvalue weighted by Crippen LogP contribution is 2.37. The molecule has 1 aliphatic carbocycles.